The molecule has 30 heavy (non-hydrogen) atoms. The van der Waals surface area contributed by atoms with Gasteiger partial charge in [0.2, 0.25) is 5.91 Å². The molecular weight excluding hydrogens is 424 g/mol. The molecule has 0 saturated carbocycles. The quantitative estimate of drug-likeness (QED) is 0.593. The molecule has 1 aromatic heterocycles. The maximum Gasteiger partial charge on any atom is 0.293 e. The number of nitrogens with zero attached hydrogens (tertiary/aromatic N) is 1. The molecule has 0 radical (unpaired) electrons. The van der Waals surface area contributed by atoms with Crippen molar-refractivity contribution >= 4 is 46.2 Å². The molecule has 1 aliphatic rings. The van der Waals surface area contributed by atoms with E-state index in [1.165, 1.54) is 11.3 Å². The van der Waals surface area contributed by atoms with Crippen LogP contribution in [0, 0.1) is 0 Å². The van der Waals surface area contributed by atoms with Crippen LogP contribution in [0.5, 0.6) is 11.5 Å². The van der Waals surface area contributed by atoms with Gasteiger partial charge in [-0.05, 0) is 53.9 Å². The molecule has 0 aliphatic carbocycles. The summed E-state index contributed by atoms with van der Waals surface area (Å²) in [5.74, 6) is 0.661. The molecule has 9 heteroatoms. The highest BCUT2D eigenvalue weighted by Crippen LogP contribution is 2.34. The van der Waals surface area contributed by atoms with E-state index in [1.807, 2.05) is 24.4 Å². The largest absolute Gasteiger partial charge is 0.493 e. The lowest BCUT2D eigenvalue weighted by atomic mass is 10.2. The molecule has 1 N–H and O–H groups in total. The van der Waals surface area contributed by atoms with Gasteiger partial charge in [-0.15, -0.1) is 11.3 Å². The van der Waals surface area contributed by atoms with Crippen LogP contribution in [0.4, 0.5) is 4.79 Å². The minimum atomic E-state index is -0.370. The van der Waals surface area contributed by atoms with Crippen molar-refractivity contribution in [3.8, 4) is 11.5 Å². The molecule has 0 spiro atoms. The maximum absolute atomic E-state index is 12.6. The first-order valence-corrected chi connectivity index (χ1v) is 11.1. The minimum Gasteiger partial charge on any atom is -0.493 e. The highest BCUT2D eigenvalue weighted by Gasteiger charge is 2.34. The fourth-order valence-corrected chi connectivity index (χ4v) is 4.40. The van der Waals surface area contributed by atoms with Crippen LogP contribution in [0.15, 0.2) is 40.6 Å². The topological polar surface area (TPSA) is 84.9 Å². The predicted molar refractivity (Wildman–Crippen MR) is 118 cm³/mol. The van der Waals surface area contributed by atoms with E-state index >= 15 is 0 Å². The summed E-state index contributed by atoms with van der Waals surface area (Å²) in [6.45, 7) is 2.74. The summed E-state index contributed by atoms with van der Waals surface area (Å²) >= 11 is 2.39. The summed E-state index contributed by atoms with van der Waals surface area (Å²) in [6.07, 6.45) is 1.94. The van der Waals surface area contributed by atoms with Crippen LogP contribution in [0.2, 0.25) is 0 Å². The smallest absolute Gasteiger partial charge is 0.293 e. The van der Waals surface area contributed by atoms with Gasteiger partial charge in [0.1, 0.15) is 0 Å². The molecule has 1 aromatic carbocycles. The maximum atomic E-state index is 12.6. The zero-order chi connectivity index (χ0) is 21.5. The summed E-state index contributed by atoms with van der Waals surface area (Å²) in [6, 6.07) is 9.10. The van der Waals surface area contributed by atoms with Gasteiger partial charge in [0.15, 0.2) is 11.5 Å². The first-order valence-electron chi connectivity index (χ1n) is 9.37. The SMILES string of the molecule is CCOc1ccc(C=C2SC(=O)N(CCNC(=O)Cc3cccs3)C2=O)cc1OC. The number of thiophene rings is 1. The van der Waals surface area contributed by atoms with Gasteiger partial charge in [-0.3, -0.25) is 19.3 Å². The van der Waals surface area contributed by atoms with Crippen LogP contribution in [0.1, 0.15) is 17.4 Å². The number of thioether (sulfide) groups is 1. The molecule has 3 rings (SSSR count). The van der Waals surface area contributed by atoms with E-state index < -0.39 is 0 Å². The number of rotatable bonds is 9. The number of hydrogen-bond donors (Lipinski definition) is 1. The molecule has 1 saturated heterocycles. The lowest BCUT2D eigenvalue weighted by Crippen LogP contribution is -2.37. The van der Waals surface area contributed by atoms with Gasteiger partial charge in [0.05, 0.1) is 25.0 Å². The van der Waals surface area contributed by atoms with Gasteiger partial charge in [0, 0.05) is 18.0 Å². The lowest BCUT2D eigenvalue weighted by molar-refractivity contribution is -0.124. The molecular formula is C21H22N2O5S2. The summed E-state index contributed by atoms with van der Waals surface area (Å²) < 4.78 is 10.8. The predicted octanol–water partition coefficient (Wildman–Crippen LogP) is 3.55. The highest BCUT2D eigenvalue weighted by atomic mass is 32.2. The summed E-state index contributed by atoms with van der Waals surface area (Å²) in [7, 11) is 1.54. The number of carbonyl (C=O) groups is 3. The Morgan fingerprint density at radius 1 is 1.23 bits per heavy atom. The van der Waals surface area contributed by atoms with Crippen molar-refractivity contribution in [3.63, 3.8) is 0 Å². The summed E-state index contributed by atoms with van der Waals surface area (Å²) in [5.41, 5.74) is 0.727. The molecule has 3 amide bonds. The molecule has 1 fully saturated rings. The molecule has 1 aliphatic heterocycles. The first kappa shape index (κ1) is 21.9. The Hall–Kier alpha value is -2.78. The molecule has 0 atom stereocenters. The van der Waals surface area contributed by atoms with Crippen molar-refractivity contribution in [3.05, 3.63) is 51.1 Å². The van der Waals surface area contributed by atoms with Crippen molar-refractivity contribution in [1.29, 1.82) is 0 Å². The van der Waals surface area contributed by atoms with Crippen LogP contribution in [0.3, 0.4) is 0 Å². The third kappa shape index (κ3) is 5.43. The third-order valence-corrected chi connectivity index (χ3v) is 6.02. The van der Waals surface area contributed by atoms with E-state index in [4.69, 9.17) is 9.47 Å². The van der Waals surface area contributed by atoms with E-state index in [-0.39, 0.29) is 30.1 Å². The van der Waals surface area contributed by atoms with E-state index in [2.05, 4.69) is 5.32 Å². The molecule has 7 nitrogen and oxygen atoms in total. The Morgan fingerprint density at radius 2 is 2.07 bits per heavy atom. The lowest BCUT2D eigenvalue weighted by Gasteiger charge is -2.13. The third-order valence-electron chi connectivity index (χ3n) is 4.23. The first-order chi connectivity index (χ1) is 14.5. The number of ether oxygens (including phenoxy) is 2. The van der Waals surface area contributed by atoms with Crippen molar-refractivity contribution in [2.75, 3.05) is 26.8 Å². The van der Waals surface area contributed by atoms with E-state index in [1.54, 1.807) is 31.4 Å². The Balaban J connectivity index is 1.59. The second-order valence-corrected chi connectivity index (χ2v) is 8.31. The fraction of sp³-hybridized carbons (Fsp3) is 0.286. The molecule has 0 unspecified atom stereocenters. The highest BCUT2D eigenvalue weighted by molar-refractivity contribution is 8.18. The van der Waals surface area contributed by atoms with Crippen molar-refractivity contribution < 1.29 is 23.9 Å². The Kier molecular flexibility index (Phi) is 7.53. The zero-order valence-electron chi connectivity index (χ0n) is 16.7. The second kappa shape index (κ2) is 10.3. The van der Waals surface area contributed by atoms with Crippen molar-refractivity contribution in [2.45, 2.75) is 13.3 Å². The van der Waals surface area contributed by atoms with Gasteiger partial charge >= 0.3 is 0 Å². The Bertz CT molecular complexity index is 956. The average molecular weight is 447 g/mol. The number of hydrogen-bond acceptors (Lipinski definition) is 7. The average Bonchev–Trinajstić information content (AvgIpc) is 3.32. The number of benzene rings is 1. The van der Waals surface area contributed by atoms with Crippen LogP contribution < -0.4 is 14.8 Å². The minimum absolute atomic E-state index is 0.130. The number of amides is 3. The summed E-state index contributed by atoms with van der Waals surface area (Å²) in [5, 5.41) is 4.31. The Morgan fingerprint density at radius 3 is 2.77 bits per heavy atom. The van der Waals surface area contributed by atoms with Crippen LogP contribution in [-0.2, 0) is 16.0 Å². The second-order valence-electron chi connectivity index (χ2n) is 6.28. The molecule has 2 aromatic rings. The van der Waals surface area contributed by atoms with Crippen molar-refractivity contribution in [2.24, 2.45) is 0 Å². The zero-order valence-corrected chi connectivity index (χ0v) is 18.3. The van der Waals surface area contributed by atoms with Crippen LogP contribution >= 0.6 is 23.1 Å². The standard InChI is InChI=1S/C21H22N2O5S2/c1-3-28-16-7-6-14(11-17(16)27-2)12-18-20(25)23(21(26)30-18)9-8-22-19(24)13-15-5-4-10-29-15/h4-7,10-12H,3,8-9,13H2,1-2H3,(H,22,24). The van der Waals surface area contributed by atoms with E-state index in [0.717, 1.165) is 27.1 Å². The number of nitrogens with one attached hydrogen (secondary N) is 1. The number of carbonyl (C=O) groups excluding carboxylic acids is 3. The molecule has 158 valence electrons. The monoisotopic (exact) mass is 446 g/mol. The van der Waals surface area contributed by atoms with E-state index in [0.29, 0.717) is 29.4 Å². The number of imide groups is 1. The van der Waals surface area contributed by atoms with Crippen LogP contribution in [0.25, 0.3) is 6.08 Å². The fourth-order valence-electron chi connectivity index (χ4n) is 2.83. The normalized spacial score (nSPS) is 15.0. The molecule has 0 bridgehead atoms. The van der Waals surface area contributed by atoms with Gasteiger partial charge in [-0.25, -0.2) is 0 Å². The van der Waals surface area contributed by atoms with Gasteiger partial charge in [-0.1, -0.05) is 12.1 Å². The van der Waals surface area contributed by atoms with Gasteiger partial charge in [-0.2, -0.15) is 0 Å². The summed E-state index contributed by atoms with van der Waals surface area (Å²) in [4.78, 5) is 39.3. The Labute approximate surface area is 183 Å². The van der Waals surface area contributed by atoms with E-state index in [9.17, 15) is 14.4 Å². The van der Waals surface area contributed by atoms with Crippen molar-refractivity contribution in [1.82, 2.24) is 10.2 Å². The van der Waals surface area contributed by atoms with Gasteiger partial charge in [0.25, 0.3) is 11.1 Å². The van der Waals surface area contributed by atoms with Gasteiger partial charge < -0.3 is 14.8 Å². The van der Waals surface area contributed by atoms with Crippen LogP contribution in [-0.4, -0.2) is 48.8 Å². The molecule has 2 heterocycles. The number of methoxy groups -OCH3 is 1.